The van der Waals surface area contributed by atoms with E-state index in [9.17, 15) is 0 Å². The van der Waals surface area contributed by atoms with Gasteiger partial charge in [-0.3, -0.25) is 0 Å². The Labute approximate surface area is 137 Å². The molecule has 1 aliphatic rings. The molecule has 1 saturated heterocycles. The van der Waals surface area contributed by atoms with Crippen LogP contribution in [-0.2, 0) is 10.3 Å². The number of ether oxygens (including phenoxy) is 3. The predicted octanol–water partition coefficient (Wildman–Crippen LogP) is 2.98. The average Bonchev–Trinajstić information content (AvgIpc) is 2.87. The summed E-state index contributed by atoms with van der Waals surface area (Å²) in [5, 5.41) is 3.39. The standard InChI is InChI=1S/C19H23NO3/c1-21-17-9-5-6-10-18(17)22-15-19(11-12-20-13-14-23-19)16-7-3-2-4-8-16/h2-10,20H,11-15H2,1H3. The molecule has 0 spiro atoms. The van der Waals surface area contributed by atoms with Crippen LogP contribution in [0.5, 0.6) is 11.5 Å². The molecule has 4 heteroatoms. The van der Waals surface area contributed by atoms with E-state index in [4.69, 9.17) is 14.2 Å². The van der Waals surface area contributed by atoms with Crippen molar-refractivity contribution in [3.05, 3.63) is 60.2 Å². The van der Waals surface area contributed by atoms with Crippen molar-refractivity contribution in [1.29, 1.82) is 0 Å². The smallest absolute Gasteiger partial charge is 0.161 e. The largest absolute Gasteiger partial charge is 0.493 e. The van der Waals surface area contributed by atoms with Gasteiger partial charge < -0.3 is 19.5 Å². The zero-order chi connectivity index (χ0) is 16.0. The van der Waals surface area contributed by atoms with Gasteiger partial charge in [0.15, 0.2) is 11.5 Å². The topological polar surface area (TPSA) is 39.7 Å². The number of para-hydroxylation sites is 2. The molecule has 0 saturated carbocycles. The normalized spacial score (nSPS) is 21.4. The Kier molecular flexibility index (Phi) is 5.16. The second-order valence-corrected chi connectivity index (χ2v) is 5.65. The van der Waals surface area contributed by atoms with Gasteiger partial charge in [0, 0.05) is 6.54 Å². The van der Waals surface area contributed by atoms with Crippen LogP contribution < -0.4 is 14.8 Å². The van der Waals surface area contributed by atoms with Gasteiger partial charge in [0.1, 0.15) is 12.2 Å². The van der Waals surface area contributed by atoms with E-state index >= 15 is 0 Å². The van der Waals surface area contributed by atoms with E-state index in [0.717, 1.165) is 36.6 Å². The van der Waals surface area contributed by atoms with Crippen molar-refractivity contribution < 1.29 is 14.2 Å². The van der Waals surface area contributed by atoms with Crippen LogP contribution in [0.2, 0.25) is 0 Å². The fourth-order valence-corrected chi connectivity index (χ4v) is 2.91. The monoisotopic (exact) mass is 313 g/mol. The Hall–Kier alpha value is -2.04. The van der Waals surface area contributed by atoms with Crippen molar-refractivity contribution in [2.45, 2.75) is 12.0 Å². The van der Waals surface area contributed by atoms with Crippen LogP contribution in [0, 0.1) is 0 Å². The molecule has 1 heterocycles. The first-order chi connectivity index (χ1) is 11.3. The van der Waals surface area contributed by atoms with Gasteiger partial charge in [-0.1, -0.05) is 42.5 Å². The number of benzene rings is 2. The number of nitrogens with one attached hydrogen (secondary N) is 1. The molecule has 0 aliphatic carbocycles. The van der Waals surface area contributed by atoms with Crippen LogP contribution >= 0.6 is 0 Å². The molecular weight excluding hydrogens is 290 g/mol. The second kappa shape index (κ2) is 7.49. The third kappa shape index (κ3) is 3.66. The third-order valence-electron chi connectivity index (χ3n) is 4.19. The number of hydrogen-bond donors (Lipinski definition) is 1. The molecule has 23 heavy (non-hydrogen) atoms. The minimum absolute atomic E-state index is 0.439. The molecule has 4 nitrogen and oxygen atoms in total. The maximum absolute atomic E-state index is 6.24. The van der Waals surface area contributed by atoms with E-state index in [-0.39, 0.29) is 0 Å². The zero-order valence-corrected chi connectivity index (χ0v) is 13.5. The van der Waals surface area contributed by atoms with Crippen LogP contribution in [0.3, 0.4) is 0 Å². The summed E-state index contributed by atoms with van der Waals surface area (Å²) >= 11 is 0. The minimum atomic E-state index is -0.439. The molecule has 3 rings (SSSR count). The Morgan fingerprint density at radius 3 is 2.52 bits per heavy atom. The van der Waals surface area contributed by atoms with Crippen molar-refractivity contribution in [2.75, 3.05) is 33.4 Å². The molecule has 0 aromatic heterocycles. The fraction of sp³-hybridized carbons (Fsp3) is 0.368. The van der Waals surface area contributed by atoms with Gasteiger partial charge in [0.25, 0.3) is 0 Å². The van der Waals surface area contributed by atoms with E-state index in [1.807, 2.05) is 42.5 Å². The number of rotatable bonds is 5. The van der Waals surface area contributed by atoms with E-state index < -0.39 is 5.60 Å². The molecule has 1 aliphatic heterocycles. The maximum Gasteiger partial charge on any atom is 0.161 e. The van der Waals surface area contributed by atoms with Crippen LogP contribution in [0.25, 0.3) is 0 Å². The minimum Gasteiger partial charge on any atom is -0.493 e. The van der Waals surface area contributed by atoms with Crippen molar-refractivity contribution in [3.8, 4) is 11.5 Å². The molecule has 0 radical (unpaired) electrons. The summed E-state index contributed by atoms with van der Waals surface area (Å²) in [6.07, 6.45) is 0.867. The van der Waals surface area contributed by atoms with E-state index in [2.05, 4.69) is 17.4 Å². The first-order valence-corrected chi connectivity index (χ1v) is 8.00. The van der Waals surface area contributed by atoms with Gasteiger partial charge in [0.05, 0.1) is 13.7 Å². The van der Waals surface area contributed by atoms with Crippen molar-refractivity contribution in [2.24, 2.45) is 0 Å². The van der Waals surface area contributed by atoms with Gasteiger partial charge in [-0.25, -0.2) is 0 Å². The highest BCUT2D eigenvalue weighted by Gasteiger charge is 2.35. The molecular formula is C19H23NO3. The Morgan fingerprint density at radius 1 is 1.00 bits per heavy atom. The summed E-state index contributed by atoms with van der Waals surface area (Å²) in [7, 11) is 1.65. The van der Waals surface area contributed by atoms with E-state index in [0.29, 0.717) is 13.2 Å². The van der Waals surface area contributed by atoms with Gasteiger partial charge in [-0.2, -0.15) is 0 Å². The molecule has 2 aromatic carbocycles. The van der Waals surface area contributed by atoms with Crippen LogP contribution in [0.4, 0.5) is 0 Å². The number of hydrogen-bond acceptors (Lipinski definition) is 4. The SMILES string of the molecule is COc1ccccc1OCC1(c2ccccc2)CCNCCO1. The molecule has 1 N–H and O–H groups in total. The fourth-order valence-electron chi connectivity index (χ4n) is 2.91. The summed E-state index contributed by atoms with van der Waals surface area (Å²) in [6.45, 7) is 2.90. The van der Waals surface area contributed by atoms with Crippen molar-refractivity contribution >= 4 is 0 Å². The molecule has 0 amide bonds. The highest BCUT2D eigenvalue weighted by Crippen LogP contribution is 2.33. The summed E-state index contributed by atoms with van der Waals surface area (Å²) in [5.41, 5.74) is 0.713. The van der Waals surface area contributed by atoms with Gasteiger partial charge in [-0.15, -0.1) is 0 Å². The second-order valence-electron chi connectivity index (χ2n) is 5.65. The molecule has 122 valence electrons. The van der Waals surface area contributed by atoms with Crippen LogP contribution in [-0.4, -0.2) is 33.4 Å². The summed E-state index contributed by atoms with van der Waals surface area (Å²) in [5.74, 6) is 1.48. The van der Waals surface area contributed by atoms with E-state index in [1.54, 1.807) is 7.11 Å². The highest BCUT2D eigenvalue weighted by atomic mass is 16.6. The Morgan fingerprint density at radius 2 is 1.74 bits per heavy atom. The molecule has 1 unspecified atom stereocenters. The third-order valence-corrected chi connectivity index (χ3v) is 4.19. The predicted molar refractivity (Wildman–Crippen MR) is 90.0 cm³/mol. The quantitative estimate of drug-likeness (QED) is 0.921. The van der Waals surface area contributed by atoms with Gasteiger partial charge >= 0.3 is 0 Å². The molecule has 1 atom stereocenters. The summed E-state index contributed by atoms with van der Waals surface area (Å²) < 4.78 is 17.7. The lowest BCUT2D eigenvalue weighted by molar-refractivity contribution is -0.0727. The number of methoxy groups -OCH3 is 1. The summed E-state index contributed by atoms with van der Waals surface area (Å²) in [4.78, 5) is 0. The van der Waals surface area contributed by atoms with Crippen LogP contribution in [0.1, 0.15) is 12.0 Å². The average molecular weight is 313 g/mol. The lowest BCUT2D eigenvalue weighted by atomic mass is 9.91. The van der Waals surface area contributed by atoms with E-state index in [1.165, 1.54) is 0 Å². The Bertz CT molecular complexity index is 607. The first-order valence-electron chi connectivity index (χ1n) is 8.00. The Balaban J connectivity index is 1.84. The molecule has 0 bridgehead atoms. The lowest BCUT2D eigenvalue weighted by Gasteiger charge is -2.33. The highest BCUT2D eigenvalue weighted by molar-refractivity contribution is 5.39. The molecule has 2 aromatic rings. The van der Waals surface area contributed by atoms with Gasteiger partial charge in [0.2, 0.25) is 0 Å². The van der Waals surface area contributed by atoms with Crippen LogP contribution in [0.15, 0.2) is 54.6 Å². The van der Waals surface area contributed by atoms with Crippen molar-refractivity contribution in [3.63, 3.8) is 0 Å². The lowest BCUT2D eigenvalue weighted by Crippen LogP contribution is -2.37. The van der Waals surface area contributed by atoms with Crippen molar-refractivity contribution in [1.82, 2.24) is 5.32 Å². The summed E-state index contributed by atoms with van der Waals surface area (Å²) in [6, 6.07) is 18.0. The van der Waals surface area contributed by atoms with Gasteiger partial charge in [-0.05, 0) is 30.7 Å². The molecule has 1 fully saturated rings. The first kappa shape index (κ1) is 15.8. The zero-order valence-electron chi connectivity index (χ0n) is 13.5. The maximum atomic E-state index is 6.24.